The van der Waals surface area contributed by atoms with Gasteiger partial charge in [0.2, 0.25) is 5.82 Å². The summed E-state index contributed by atoms with van der Waals surface area (Å²) in [6, 6.07) is 5.49. The van der Waals surface area contributed by atoms with Gasteiger partial charge in [0.05, 0.1) is 4.92 Å². The van der Waals surface area contributed by atoms with Crippen LogP contribution in [0.1, 0.15) is 31.4 Å². The Labute approximate surface area is 141 Å². The van der Waals surface area contributed by atoms with E-state index in [9.17, 15) is 10.1 Å². The molecule has 0 spiro atoms. The zero-order valence-corrected chi connectivity index (χ0v) is 14.4. The van der Waals surface area contributed by atoms with Gasteiger partial charge in [-0.15, -0.1) is 0 Å². The Morgan fingerprint density at radius 2 is 2.00 bits per heavy atom. The molecule has 24 heavy (non-hydrogen) atoms. The molecular formula is C17H22N4O3. The Kier molecular flexibility index (Phi) is 5.68. The summed E-state index contributed by atoms with van der Waals surface area (Å²) in [4.78, 5) is 18.9. The summed E-state index contributed by atoms with van der Waals surface area (Å²) >= 11 is 0. The first kappa shape index (κ1) is 17.7. The van der Waals surface area contributed by atoms with Crippen molar-refractivity contribution >= 4 is 11.5 Å². The van der Waals surface area contributed by atoms with Gasteiger partial charge in [-0.1, -0.05) is 19.9 Å². The Morgan fingerprint density at radius 1 is 1.25 bits per heavy atom. The van der Waals surface area contributed by atoms with Crippen molar-refractivity contribution in [1.82, 2.24) is 9.97 Å². The monoisotopic (exact) mass is 330 g/mol. The molecule has 1 aromatic carbocycles. The van der Waals surface area contributed by atoms with Crippen LogP contribution < -0.4 is 10.1 Å². The van der Waals surface area contributed by atoms with E-state index in [1.165, 1.54) is 6.33 Å². The molecule has 0 amide bonds. The smallest absolute Gasteiger partial charge is 0.373 e. The molecule has 0 aliphatic heterocycles. The lowest BCUT2D eigenvalue weighted by Gasteiger charge is -2.11. The van der Waals surface area contributed by atoms with Crippen LogP contribution in [0.5, 0.6) is 11.6 Å². The summed E-state index contributed by atoms with van der Waals surface area (Å²) in [5, 5.41) is 14.5. The van der Waals surface area contributed by atoms with E-state index in [4.69, 9.17) is 4.74 Å². The molecule has 0 radical (unpaired) electrons. The van der Waals surface area contributed by atoms with Crippen LogP contribution in [-0.2, 0) is 0 Å². The molecule has 1 heterocycles. The van der Waals surface area contributed by atoms with Gasteiger partial charge < -0.3 is 10.1 Å². The number of hydrogen-bond donors (Lipinski definition) is 1. The number of nitro groups is 1. The van der Waals surface area contributed by atoms with Gasteiger partial charge >= 0.3 is 11.6 Å². The molecule has 1 N–H and O–H groups in total. The van der Waals surface area contributed by atoms with Crippen LogP contribution in [0, 0.1) is 29.9 Å². The highest BCUT2D eigenvalue weighted by atomic mass is 16.6. The molecule has 7 heteroatoms. The minimum Gasteiger partial charge on any atom is -0.434 e. The lowest BCUT2D eigenvalue weighted by atomic mass is 10.1. The first-order valence-electron chi connectivity index (χ1n) is 7.87. The average Bonchev–Trinajstić information content (AvgIpc) is 2.50. The SMILES string of the molecule is Cc1ccc(Oc2ncnc(NCCC(C)C)c2[N+](=O)[O-])cc1C. The molecule has 7 nitrogen and oxygen atoms in total. The van der Waals surface area contributed by atoms with E-state index >= 15 is 0 Å². The summed E-state index contributed by atoms with van der Waals surface area (Å²) in [7, 11) is 0. The van der Waals surface area contributed by atoms with Crippen LogP contribution in [0.2, 0.25) is 0 Å². The number of aryl methyl sites for hydroxylation is 2. The van der Waals surface area contributed by atoms with Crippen molar-refractivity contribution in [2.75, 3.05) is 11.9 Å². The standard InChI is InChI=1S/C17H22N4O3/c1-11(2)7-8-18-16-15(21(22)23)17(20-10-19-16)24-14-6-5-12(3)13(4)9-14/h5-6,9-11H,7-8H2,1-4H3,(H,18,19,20). The fourth-order valence-electron chi connectivity index (χ4n) is 2.10. The minimum atomic E-state index is -0.520. The molecule has 0 aliphatic rings. The molecule has 2 aromatic rings. The van der Waals surface area contributed by atoms with Crippen molar-refractivity contribution in [2.45, 2.75) is 34.1 Å². The van der Waals surface area contributed by atoms with Gasteiger partial charge in [-0.25, -0.2) is 4.98 Å². The zero-order chi connectivity index (χ0) is 17.7. The first-order valence-corrected chi connectivity index (χ1v) is 7.87. The lowest BCUT2D eigenvalue weighted by molar-refractivity contribution is -0.385. The predicted octanol–water partition coefficient (Wildman–Crippen LogP) is 4.25. The number of benzene rings is 1. The summed E-state index contributed by atoms with van der Waals surface area (Å²) in [5.41, 5.74) is 1.91. The third kappa shape index (κ3) is 4.41. The van der Waals surface area contributed by atoms with Crippen molar-refractivity contribution < 1.29 is 9.66 Å². The summed E-state index contributed by atoms with van der Waals surface area (Å²) in [6.45, 7) is 8.71. The largest absolute Gasteiger partial charge is 0.434 e. The maximum absolute atomic E-state index is 11.5. The molecule has 0 saturated heterocycles. The van der Waals surface area contributed by atoms with Crippen molar-refractivity contribution in [3.05, 3.63) is 45.8 Å². The van der Waals surface area contributed by atoms with E-state index in [1.54, 1.807) is 6.07 Å². The van der Waals surface area contributed by atoms with Gasteiger partial charge in [0, 0.05) is 6.54 Å². The quantitative estimate of drug-likeness (QED) is 0.603. The van der Waals surface area contributed by atoms with Gasteiger partial charge in [-0.05, 0) is 49.4 Å². The van der Waals surface area contributed by atoms with Crippen molar-refractivity contribution in [3.8, 4) is 11.6 Å². The average molecular weight is 330 g/mol. The number of ether oxygens (including phenoxy) is 1. The third-order valence-corrected chi connectivity index (χ3v) is 3.68. The second kappa shape index (κ2) is 7.72. The number of nitrogens with one attached hydrogen (secondary N) is 1. The maximum Gasteiger partial charge on any atom is 0.373 e. The number of hydrogen-bond acceptors (Lipinski definition) is 6. The van der Waals surface area contributed by atoms with Crippen LogP contribution in [0.15, 0.2) is 24.5 Å². The van der Waals surface area contributed by atoms with Crippen molar-refractivity contribution in [3.63, 3.8) is 0 Å². The Hall–Kier alpha value is -2.70. The fourth-order valence-corrected chi connectivity index (χ4v) is 2.10. The third-order valence-electron chi connectivity index (χ3n) is 3.68. The van der Waals surface area contributed by atoms with Gasteiger partial charge in [-0.2, -0.15) is 4.98 Å². The Morgan fingerprint density at radius 3 is 2.62 bits per heavy atom. The highest BCUT2D eigenvalue weighted by Crippen LogP contribution is 2.34. The highest BCUT2D eigenvalue weighted by Gasteiger charge is 2.25. The lowest BCUT2D eigenvalue weighted by Crippen LogP contribution is -2.09. The van der Waals surface area contributed by atoms with E-state index in [0.29, 0.717) is 18.2 Å². The molecule has 0 atom stereocenters. The highest BCUT2D eigenvalue weighted by molar-refractivity contribution is 5.61. The second-order valence-corrected chi connectivity index (χ2v) is 6.09. The van der Waals surface area contributed by atoms with E-state index in [-0.39, 0.29) is 17.4 Å². The van der Waals surface area contributed by atoms with Crippen LogP contribution in [-0.4, -0.2) is 21.4 Å². The molecular weight excluding hydrogens is 308 g/mol. The van der Waals surface area contributed by atoms with Gasteiger partial charge in [0.1, 0.15) is 12.1 Å². The molecule has 0 saturated carbocycles. The Bertz CT molecular complexity index is 732. The van der Waals surface area contributed by atoms with Crippen LogP contribution in [0.25, 0.3) is 0 Å². The Balaban J connectivity index is 2.28. The van der Waals surface area contributed by atoms with Crippen LogP contribution >= 0.6 is 0 Å². The van der Waals surface area contributed by atoms with Crippen molar-refractivity contribution in [1.29, 1.82) is 0 Å². The molecule has 0 unspecified atom stereocenters. The number of anilines is 1. The van der Waals surface area contributed by atoms with E-state index in [1.807, 2.05) is 26.0 Å². The zero-order valence-electron chi connectivity index (χ0n) is 14.4. The molecule has 0 aliphatic carbocycles. The second-order valence-electron chi connectivity index (χ2n) is 6.09. The normalized spacial score (nSPS) is 10.7. The van der Waals surface area contributed by atoms with Gasteiger partial charge in [-0.3, -0.25) is 10.1 Å². The molecule has 0 fully saturated rings. The number of rotatable bonds is 7. The molecule has 2 rings (SSSR count). The fraction of sp³-hybridized carbons (Fsp3) is 0.412. The van der Waals surface area contributed by atoms with E-state index in [0.717, 1.165) is 17.5 Å². The summed E-state index contributed by atoms with van der Waals surface area (Å²) < 4.78 is 5.64. The molecule has 0 bridgehead atoms. The predicted molar refractivity (Wildman–Crippen MR) is 92.6 cm³/mol. The topological polar surface area (TPSA) is 90.2 Å². The molecule has 128 valence electrons. The van der Waals surface area contributed by atoms with E-state index in [2.05, 4.69) is 29.1 Å². The number of aromatic nitrogens is 2. The van der Waals surface area contributed by atoms with Gasteiger partial charge in [0.15, 0.2) is 0 Å². The van der Waals surface area contributed by atoms with Crippen LogP contribution in [0.3, 0.4) is 0 Å². The summed E-state index contributed by atoms with van der Waals surface area (Å²) in [6.07, 6.45) is 2.15. The van der Waals surface area contributed by atoms with Crippen LogP contribution in [0.4, 0.5) is 11.5 Å². The van der Waals surface area contributed by atoms with Gasteiger partial charge in [0.25, 0.3) is 0 Å². The van der Waals surface area contributed by atoms with Crippen molar-refractivity contribution in [2.24, 2.45) is 5.92 Å². The number of nitrogens with zero attached hydrogens (tertiary/aromatic N) is 3. The minimum absolute atomic E-state index is 0.0645. The van der Waals surface area contributed by atoms with E-state index < -0.39 is 4.92 Å². The maximum atomic E-state index is 11.5. The first-order chi connectivity index (χ1) is 11.4. The summed E-state index contributed by atoms with van der Waals surface area (Å²) in [5.74, 6) is 1.11. The molecule has 1 aromatic heterocycles.